The third kappa shape index (κ3) is 3.92. The Bertz CT molecular complexity index is 499. The molecule has 6 nitrogen and oxygen atoms in total. The van der Waals surface area contributed by atoms with E-state index in [-0.39, 0.29) is 10.6 Å². The summed E-state index contributed by atoms with van der Waals surface area (Å²) in [5, 5.41) is 20.8. The molecule has 1 heterocycles. The monoisotopic (exact) mass is 293 g/mol. The molecule has 1 aliphatic rings. The fraction of sp³-hybridized carbons (Fsp3) is 0.600. The number of hydrogen-bond acceptors (Lipinski definition) is 5. The lowest BCUT2D eigenvalue weighted by Crippen LogP contribution is -2.31. The number of aliphatic hydroxyl groups is 1. The number of aliphatic hydroxyl groups excluding tert-OH is 1. The normalized spacial score (nSPS) is 16.9. The van der Waals surface area contributed by atoms with Crippen LogP contribution >= 0.6 is 0 Å². The summed E-state index contributed by atoms with van der Waals surface area (Å²) in [6, 6.07) is 4.94. The molecule has 1 atom stereocenters. The Labute approximate surface area is 125 Å². The lowest BCUT2D eigenvalue weighted by Gasteiger charge is -2.23. The van der Waals surface area contributed by atoms with Crippen LogP contribution < -0.4 is 4.90 Å². The van der Waals surface area contributed by atoms with Crippen LogP contribution in [0, 0.1) is 10.1 Å². The third-order valence-corrected chi connectivity index (χ3v) is 4.04. The Morgan fingerprint density at radius 3 is 2.67 bits per heavy atom. The number of hydrogen-bond donors (Lipinski definition) is 1. The summed E-state index contributed by atoms with van der Waals surface area (Å²) in [5.41, 5.74) is 1.22. The van der Waals surface area contributed by atoms with Crippen molar-refractivity contribution in [2.45, 2.75) is 25.9 Å². The summed E-state index contributed by atoms with van der Waals surface area (Å²) in [6.45, 7) is 5.53. The van der Waals surface area contributed by atoms with Crippen LogP contribution in [0.2, 0.25) is 0 Å². The second kappa shape index (κ2) is 6.87. The molecule has 1 fully saturated rings. The van der Waals surface area contributed by atoms with Gasteiger partial charge in [-0.05, 0) is 44.5 Å². The first kappa shape index (κ1) is 15.7. The number of nitro groups is 1. The van der Waals surface area contributed by atoms with Crippen LogP contribution in [0.3, 0.4) is 0 Å². The summed E-state index contributed by atoms with van der Waals surface area (Å²) in [6.07, 6.45) is 1.78. The van der Waals surface area contributed by atoms with Gasteiger partial charge in [-0.3, -0.25) is 10.1 Å². The Hall–Kier alpha value is -1.66. The lowest BCUT2D eigenvalue weighted by atomic mass is 10.1. The summed E-state index contributed by atoms with van der Waals surface area (Å²) >= 11 is 0. The van der Waals surface area contributed by atoms with Crippen LogP contribution in [-0.2, 0) is 0 Å². The molecule has 1 saturated heterocycles. The van der Waals surface area contributed by atoms with E-state index in [1.54, 1.807) is 19.1 Å². The molecular weight excluding hydrogens is 270 g/mol. The highest BCUT2D eigenvalue weighted by atomic mass is 16.6. The number of likely N-dealkylation sites (N-methyl/N-ethyl adjacent to an activating group) is 1. The highest BCUT2D eigenvalue weighted by Gasteiger charge is 2.20. The maximum atomic E-state index is 11.2. The van der Waals surface area contributed by atoms with Crippen LogP contribution in [-0.4, -0.2) is 48.2 Å². The van der Waals surface area contributed by atoms with Crippen LogP contribution in [0.25, 0.3) is 0 Å². The maximum Gasteiger partial charge on any atom is 0.292 e. The average molecular weight is 293 g/mol. The Kier molecular flexibility index (Phi) is 5.14. The highest BCUT2D eigenvalue weighted by Crippen LogP contribution is 2.30. The molecule has 116 valence electrons. The van der Waals surface area contributed by atoms with Gasteiger partial charge in [0.25, 0.3) is 5.69 Å². The molecule has 0 radical (unpaired) electrons. The van der Waals surface area contributed by atoms with Crippen LogP contribution in [0.4, 0.5) is 11.4 Å². The Balaban J connectivity index is 2.11. The Morgan fingerprint density at radius 1 is 1.43 bits per heavy atom. The van der Waals surface area contributed by atoms with Gasteiger partial charge in [0.2, 0.25) is 0 Å². The van der Waals surface area contributed by atoms with Gasteiger partial charge in [0, 0.05) is 26.2 Å². The predicted octanol–water partition coefficient (Wildman–Crippen LogP) is 2.18. The van der Waals surface area contributed by atoms with Crippen molar-refractivity contribution in [3.63, 3.8) is 0 Å². The van der Waals surface area contributed by atoms with E-state index in [2.05, 4.69) is 4.90 Å². The number of anilines is 1. The first-order chi connectivity index (χ1) is 9.99. The average Bonchev–Trinajstić information content (AvgIpc) is 2.97. The highest BCUT2D eigenvalue weighted by molar-refractivity contribution is 5.64. The number of nitro benzene ring substituents is 1. The number of benzene rings is 1. The summed E-state index contributed by atoms with van der Waals surface area (Å²) in [7, 11) is 1.88. The van der Waals surface area contributed by atoms with Gasteiger partial charge in [-0.2, -0.15) is 0 Å². The Morgan fingerprint density at radius 2 is 2.10 bits per heavy atom. The quantitative estimate of drug-likeness (QED) is 0.643. The van der Waals surface area contributed by atoms with Gasteiger partial charge in [0.05, 0.1) is 11.0 Å². The smallest absolute Gasteiger partial charge is 0.292 e. The van der Waals surface area contributed by atoms with Crippen molar-refractivity contribution in [2.75, 3.05) is 38.1 Å². The van der Waals surface area contributed by atoms with E-state index in [1.807, 2.05) is 11.9 Å². The molecule has 0 spiro atoms. The molecule has 1 aliphatic heterocycles. The fourth-order valence-corrected chi connectivity index (χ4v) is 2.69. The molecule has 0 amide bonds. The topological polar surface area (TPSA) is 69.8 Å². The van der Waals surface area contributed by atoms with E-state index < -0.39 is 6.10 Å². The van der Waals surface area contributed by atoms with Crippen molar-refractivity contribution >= 4 is 11.4 Å². The molecule has 6 heteroatoms. The molecule has 1 aromatic rings. The molecule has 1 aromatic carbocycles. The van der Waals surface area contributed by atoms with Gasteiger partial charge in [-0.15, -0.1) is 0 Å². The molecule has 0 saturated carbocycles. The minimum absolute atomic E-state index is 0.0531. The van der Waals surface area contributed by atoms with Gasteiger partial charge in [-0.25, -0.2) is 0 Å². The second-order valence-electron chi connectivity index (χ2n) is 5.65. The van der Waals surface area contributed by atoms with Crippen molar-refractivity contribution in [1.29, 1.82) is 0 Å². The molecular formula is C15H23N3O3. The van der Waals surface area contributed by atoms with Crippen molar-refractivity contribution in [1.82, 2.24) is 4.90 Å². The zero-order chi connectivity index (χ0) is 15.4. The second-order valence-corrected chi connectivity index (χ2v) is 5.65. The molecule has 2 rings (SSSR count). The molecule has 0 aliphatic carbocycles. The lowest BCUT2D eigenvalue weighted by molar-refractivity contribution is -0.384. The van der Waals surface area contributed by atoms with Crippen molar-refractivity contribution < 1.29 is 10.0 Å². The number of likely N-dealkylation sites (tertiary alicyclic amines) is 1. The molecule has 0 aromatic heterocycles. The predicted molar refractivity (Wildman–Crippen MR) is 82.7 cm³/mol. The number of nitrogens with zero attached hydrogens (tertiary/aromatic N) is 3. The number of rotatable bonds is 6. The first-order valence-corrected chi connectivity index (χ1v) is 7.39. The first-order valence-electron chi connectivity index (χ1n) is 7.39. The van der Waals surface area contributed by atoms with E-state index in [9.17, 15) is 15.2 Å². The van der Waals surface area contributed by atoms with Crippen LogP contribution in [0.5, 0.6) is 0 Å². The fourth-order valence-electron chi connectivity index (χ4n) is 2.69. The third-order valence-electron chi connectivity index (χ3n) is 4.04. The minimum atomic E-state index is -0.701. The van der Waals surface area contributed by atoms with Gasteiger partial charge in [-0.1, -0.05) is 6.07 Å². The summed E-state index contributed by atoms with van der Waals surface area (Å²) in [4.78, 5) is 15.2. The standard InChI is InChI=1S/C15H23N3O3/c1-12(19)13-5-6-14(15(11-13)18(20)21)16(2)9-10-17-7-3-4-8-17/h5-6,11-12,19H,3-4,7-10H2,1-2H3. The summed E-state index contributed by atoms with van der Waals surface area (Å²) in [5.74, 6) is 0. The van der Waals surface area contributed by atoms with E-state index in [0.29, 0.717) is 11.3 Å². The maximum absolute atomic E-state index is 11.2. The van der Waals surface area contributed by atoms with Crippen molar-refractivity contribution in [3.05, 3.63) is 33.9 Å². The van der Waals surface area contributed by atoms with E-state index >= 15 is 0 Å². The molecule has 21 heavy (non-hydrogen) atoms. The van der Waals surface area contributed by atoms with E-state index in [1.165, 1.54) is 18.9 Å². The molecule has 1 N–H and O–H groups in total. The van der Waals surface area contributed by atoms with E-state index in [4.69, 9.17) is 0 Å². The molecule has 0 bridgehead atoms. The van der Waals surface area contributed by atoms with E-state index in [0.717, 1.165) is 26.2 Å². The van der Waals surface area contributed by atoms with Gasteiger partial charge >= 0.3 is 0 Å². The van der Waals surface area contributed by atoms with Crippen molar-refractivity contribution in [2.24, 2.45) is 0 Å². The van der Waals surface area contributed by atoms with Crippen molar-refractivity contribution in [3.8, 4) is 0 Å². The van der Waals surface area contributed by atoms with Crippen LogP contribution in [0.1, 0.15) is 31.4 Å². The largest absolute Gasteiger partial charge is 0.389 e. The zero-order valence-electron chi connectivity index (χ0n) is 12.7. The van der Waals surface area contributed by atoms with Crippen LogP contribution in [0.15, 0.2) is 18.2 Å². The SMILES string of the molecule is CC(O)c1ccc(N(C)CCN2CCCC2)c([N+](=O)[O-])c1. The van der Waals surface area contributed by atoms with Gasteiger partial charge in [0.15, 0.2) is 0 Å². The van der Waals surface area contributed by atoms with Gasteiger partial charge in [0.1, 0.15) is 5.69 Å². The molecule has 1 unspecified atom stereocenters. The summed E-state index contributed by atoms with van der Waals surface area (Å²) < 4.78 is 0. The zero-order valence-corrected chi connectivity index (χ0v) is 12.7. The van der Waals surface area contributed by atoms with Gasteiger partial charge < -0.3 is 14.9 Å². The minimum Gasteiger partial charge on any atom is -0.389 e.